The largest absolute Gasteiger partial charge is 0.306 e. The Bertz CT molecular complexity index is 874. The highest BCUT2D eigenvalue weighted by atomic mass is 32.1. The van der Waals surface area contributed by atoms with Crippen LogP contribution in [-0.2, 0) is 19.3 Å². The Balaban J connectivity index is 1.88. The van der Waals surface area contributed by atoms with Crippen LogP contribution in [0.1, 0.15) is 29.3 Å². The molecule has 0 spiro atoms. The summed E-state index contributed by atoms with van der Waals surface area (Å²) in [5, 5.41) is 0.821. The topological polar surface area (TPSA) is 45.8 Å². The molecule has 0 saturated carbocycles. The van der Waals surface area contributed by atoms with Crippen molar-refractivity contribution in [2.24, 2.45) is 0 Å². The zero-order chi connectivity index (χ0) is 14.4. The van der Waals surface area contributed by atoms with Crippen molar-refractivity contribution < 1.29 is 0 Å². The second-order valence-corrected chi connectivity index (χ2v) is 6.59. The molecule has 1 aliphatic carbocycles. The van der Waals surface area contributed by atoms with E-state index in [-0.39, 0.29) is 5.56 Å². The van der Waals surface area contributed by atoms with Gasteiger partial charge in [-0.15, -0.1) is 11.3 Å². The van der Waals surface area contributed by atoms with E-state index in [4.69, 9.17) is 0 Å². The zero-order valence-corrected chi connectivity index (χ0v) is 12.7. The molecule has 0 atom stereocenters. The van der Waals surface area contributed by atoms with Gasteiger partial charge >= 0.3 is 0 Å². The monoisotopic (exact) mass is 296 g/mol. The molecule has 0 unspecified atom stereocenters. The van der Waals surface area contributed by atoms with Gasteiger partial charge in [-0.2, -0.15) is 0 Å². The highest BCUT2D eigenvalue weighted by molar-refractivity contribution is 7.18. The third-order valence-electron chi connectivity index (χ3n) is 4.21. The summed E-state index contributed by atoms with van der Waals surface area (Å²) in [7, 11) is 0. The summed E-state index contributed by atoms with van der Waals surface area (Å²) in [6.07, 6.45) is 4.29. The van der Waals surface area contributed by atoms with E-state index in [9.17, 15) is 4.79 Å². The van der Waals surface area contributed by atoms with Gasteiger partial charge < -0.3 is 4.98 Å². The fourth-order valence-electron chi connectivity index (χ4n) is 3.04. The summed E-state index contributed by atoms with van der Waals surface area (Å²) < 4.78 is 0. The van der Waals surface area contributed by atoms with Crippen LogP contribution in [0, 0.1) is 0 Å². The Hall–Kier alpha value is -1.94. The lowest BCUT2D eigenvalue weighted by Crippen LogP contribution is -2.09. The summed E-state index contributed by atoms with van der Waals surface area (Å²) in [6, 6.07) is 8.25. The van der Waals surface area contributed by atoms with Crippen LogP contribution in [0.5, 0.6) is 0 Å². The fraction of sp³-hybridized carbons (Fsp3) is 0.294. The maximum atomic E-state index is 12.4. The van der Waals surface area contributed by atoms with Crippen molar-refractivity contribution in [2.75, 3.05) is 0 Å². The molecule has 1 N–H and O–H groups in total. The normalized spacial score (nSPS) is 13.8. The van der Waals surface area contributed by atoms with Crippen molar-refractivity contribution in [1.82, 2.24) is 9.97 Å². The number of aromatic nitrogens is 2. The summed E-state index contributed by atoms with van der Waals surface area (Å²) in [5.41, 5.74) is 3.50. The highest BCUT2D eigenvalue weighted by Gasteiger charge is 2.21. The van der Waals surface area contributed by atoms with Gasteiger partial charge in [-0.25, -0.2) is 4.98 Å². The Kier molecular flexibility index (Phi) is 2.93. The van der Waals surface area contributed by atoms with E-state index >= 15 is 0 Å². The third kappa shape index (κ3) is 2.02. The fourth-order valence-corrected chi connectivity index (χ4v) is 4.30. The molecule has 2 heterocycles. The van der Waals surface area contributed by atoms with Gasteiger partial charge in [0, 0.05) is 10.4 Å². The molecule has 2 aromatic heterocycles. The minimum absolute atomic E-state index is 0.00830. The number of fused-ring (bicyclic) bond motifs is 3. The number of hydrogen-bond acceptors (Lipinski definition) is 3. The van der Waals surface area contributed by atoms with Crippen molar-refractivity contribution >= 4 is 21.6 Å². The van der Waals surface area contributed by atoms with E-state index in [0.29, 0.717) is 5.82 Å². The van der Waals surface area contributed by atoms with E-state index in [1.165, 1.54) is 16.0 Å². The standard InChI is InChI=1S/C17H16N2OS/c1-2-10-6-8-11(9-7-10)15-18-16(20)14-12-4-3-5-13(12)21-17(14)19-15/h6-9H,2-5H2,1H3,(H,18,19,20). The number of thiophene rings is 1. The summed E-state index contributed by atoms with van der Waals surface area (Å²) in [4.78, 5) is 22.3. The number of rotatable bonds is 2. The number of benzene rings is 1. The van der Waals surface area contributed by atoms with Gasteiger partial charge in [-0.3, -0.25) is 4.79 Å². The summed E-state index contributed by atoms with van der Waals surface area (Å²) in [6.45, 7) is 2.13. The zero-order valence-electron chi connectivity index (χ0n) is 11.9. The lowest BCUT2D eigenvalue weighted by molar-refractivity contribution is 0.916. The van der Waals surface area contributed by atoms with Crippen molar-refractivity contribution in [3.05, 3.63) is 50.6 Å². The Labute approximate surface area is 126 Å². The van der Waals surface area contributed by atoms with Crippen molar-refractivity contribution in [3.8, 4) is 11.4 Å². The van der Waals surface area contributed by atoms with Crippen LogP contribution in [0.3, 0.4) is 0 Å². The Morgan fingerprint density at radius 1 is 1.24 bits per heavy atom. The molecule has 106 valence electrons. The second kappa shape index (κ2) is 4.81. The first kappa shape index (κ1) is 12.8. The molecule has 21 heavy (non-hydrogen) atoms. The molecule has 4 rings (SSSR count). The highest BCUT2D eigenvalue weighted by Crippen LogP contribution is 2.35. The number of aryl methyl sites for hydroxylation is 3. The minimum atomic E-state index is 0.00830. The number of hydrogen-bond donors (Lipinski definition) is 1. The molecule has 3 aromatic rings. The van der Waals surface area contributed by atoms with Crippen LogP contribution in [0.2, 0.25) is 0 Å². The van der Waals surface area contributed by atoms with Crippen LogP contribution >= 0.6 is 11.3 Å². The molecular weight excluding hydrogens is 280 g/mol. The molecule has 4 heteroatoms. The van der Waals surface area contributed by atoms with Crippen LogP contribution in [0.25, 0.3) is 21.6 Å². The molecule has 0 aliphatic heterocycles. The molecule has 1 aliphatic rings. The van der Waals surface area contributed by atoms with Gasteiger partial charge in [0.25, 0.3) is 5.56 Å². The van der Waals surface area contributed by atoms with Gasteiger partial charge in [0.05, 0.1) is 5.39 Å². The lowest BCUT2D eigenvalue weighted by Gasteiger charge is -2.03. The van der Waals surface area contributed by atoms with Crippen LogP contribution in [0.4, 0.5) is 0 Å². The van der Waals surface area contributed by atoms with E-state index < -0.39 is 0 Å². The predicted molar refractivity (Wildman–Crippen MR) is 87.1 cm³/mol. The average molecular weight is 296 g/mol. The number of nitrogens with one attached hydrogen (secondary N) is 1. The molecule has 0 radical (unpaired) electrons. The third-order valence-corrected chi connectivity index (χ3v) is 5.40. The molecule has 3 nitrogen and oxygen atoms in total. The van der Waals surface area contributed by atoms with Gasteiger partial charge in [0.1, 0.15) is 10.7 Å². The number of H-pyrrole nitrogens is 1. The minimum Gasteiger partial charge on any atom is -0.306 e. The molecule has 0 saturated heterocycles. The molecule has 0 amide bonds. The predicted octanol–water partition coefficient (Wildman–Crippen LogP) is 3.70. The van der Waals surface area contributed by atoms with E-state index in [1.807, 2.05) is 12.1 Å². The average Bonchev–Trinajstić information content (AvgIpc) is 3.07. The molecule has 1 aromatic carbocycles. The number of aromatic amines is 1. The van der Waals surface area contributed by atoms with E-state index in [0.717, 1.165) is 41.5 Å². The second-order valence-electron chi connectivity index (χ2n) is 5.50. The van der Waals surface area contributed by atoms with Crippen LogP contribution < -0.4 is 5.56 Å². The lowest BCUT2D eigenvalue weighted by atomic mass is 10.1. The smallest absolute Gasteiger partial charge is 0.260 e. The SMILES string of the molecule is CCc1ccc(-c2nc3sc4c(c3c(=O)[nH]2)CCC4)cc1. The van der Waals surface area contributed by atoms with Gasteiger partial charge in [-0.05, 0) is 36.8 Å². The molecule has 0 fully saturated rings. The van der Waals surface area contributed by atoms with E-state index in [2.05, 4.69) is 29.0 Å². The maximum Gasteiger partial charge on any atom is 0.260 e. The Morgan fingerprint density at radius 3 is 2.81 bits per heavy atom. The number of nitrogens with zero attached hydrogens (tertiary/aromatic N) is 1. The van der Waals surface area contributed by atoms with Crippen LogP contribution in [0.15, 0.2) is 29.1 Å². The summed E-state index contributed by atoms with van der Waals surface area (Å²) in [5.74, 6) is 0.676. The van der Waals surface area contributed by atoms with Crippen molar-refractivity contribution in [1.29, 1.82) is 0 Å². The van der Waals surface area contributed by atoms with Gasteiger partial charge in [-0.1, -0.05) is 31.2 Å². The maximum absolute atomic E-state index is 12.4. The van der Waals surface area contributed by atoms with Crippen molar-refractivity contribution in [2.45, 2.75) is 32.6 Å². The van der Waals surface area contributed by atoms with Crippen molar-refractivity contribution in [3.63, 3.8) is 0 Å². The molecular formula is C17H16N2OS. The Morgan fingerprint density at radius 2 is 2.05 bits per heavy atom. The van der Waals surface area contributed by atoms with Gasteiger partial charge in [0.2, 0.25) is 0 Å². The van der Waals surface area contributed by atoms with E-state index in [1.54, 1.807) is 11.3 Å². The van der Waals surface area contributed by atoms with Gasteiger partial charge in [0.15, 0.2) is 0 Å². The molecule has 0 bridgehead atoms. The quantitative estimate of drug-likeness (QED) is 0.783. The first-order valence-electron chi connectivity index (χ1n) is 7.40. The first-order chi connectivity index (χ1) is 10.3. The van der Waals surface area contributed by atoms with Crippen LogP contribution in [-0.4, -0.2) is 9.97 Å². The summed E-state index contributed by atoms with van der Waals surface area (Å²) >= 11 is 1.69. The first-order valence-corrected chi connectivity index (χ1v) is 8.22.